The lowest BCUT2D eigenvalue weighted by molar-refractivity contribution is 0.482. The van der Waals surface area contributed by atoms with Crippen LogP contribution in [0.1, 0.15) is 5.56 Å². The Labute approximate surface area is 91.6 Å². The molecule has 0 amide bonds. The molecule has 0 unspecified atom stereocenters. The van der Waals surface area contributed by atoms with Crippen LogP contribution in [-0.4, -0.2) is 5.11 Å². The fourth-order valence-corrected chi connectivity index (χ4v) is 3.13. The summed E-state index contributed by atoms with van der Waals surface area (Å²) in [6.45, 7) is 2.11. The van der Waals surface area contributed by atoms with Crippen LogP contribution < -0.4 is 0 Å². The Balaban J connectivity index is 2.63. The summed E-state index contributed by atoms with van der Waals surface area (Å²) in [5, 5.41) is 12.2. The van der Waals surface area contributed by atoms with Crippen molar-refractivity contribution in [2.75, 3.05) is 0 Å². The van der Waals surface area contributed by atoms with Crippen molar-refractivity contribution in [1.29, 1.82) is 0 Å². The van der Waals surface area contributed by atoms with Crippen LogP contribution in [0.5, 0.6) is 5.75 Å². The number of fused-ring (bicyclic) bond motifs is 3. The van der Waals surface area contributed by atoms with E-state index in [1.807, 2.05) is 6.07 Å². The molecular weight excluding hydrogens is 204 g/mol. The maximum atomic E-state index is 9.77. The zero-order valence-corrected chi connectivity index (χ0v) is 9.14. The van der Waals surface area contributed by atoms with Gasteiger partial charge in [0, 0.05) is 15.5 Å². The maximum absolute atomic E-state index is 9.77. The average molecular weight is 214 g/mol. The van der Waals surface area contributed by atoms with Crippen molar-refractivity contribution in [2.24, 2.45) is 0 Å². The molecule has 0 spiro atoms. The van der Waals surface area contributed by atoms with Gasteiger partial charge in [0.05, 0.1) is 4.70 Å². The highest BCUT2D eigenvalue weighted by Crippen LogP contribution is 2.39. The maximum Gasteiger partial charge on any atom is 0.133 e. The number of phenols is 1. The van der Waals surface area contributed by atoms with Crippen molar-refractivity contribution in [2.45, 2.75) is 6.92 Å². The third-order valence-electron chi connectivity index (χ3n) is 2.70. The van der Waals surface area contributed by atoms with Crippen molar-refractivity contribution < 1.29 is 5.11 Å². The van der Waals surface area contributed by atoms with Gasteiger partial charge in [0.15, 0.2) is 0 Å². The molecule has 2 heteroatoms. The number of phenolic OH excluding ortho intramolecular Hbond substituents is 1. The molecule has 2 aromatic carbocycles. The van der Waals surface area contributed by atoms with Gasteiger partial charge < -0.3 is 5.11 Å². The number of rotatable bonds is 0. The minimum Gasteiger partial charge on any atom is -0.506 e. The van der Waals surface area contributed by atoms with Gasteiger partial charge in [0.1, 0.15) is 5.75 Å². The van der Waals surface area contributed by atoms with Crippen molar-refractivity contribution >= 4 is 31.5 Å². The van der Waals surface area contributed by atoms with Crippen LogP contribution in [0.2, 0.25) is 0 Å². The SMILES string of the molecule is Cc1cccc2c1sc1c(O)cccc12. The van der Waals surface area contributed by atoms with E-state index in [4.69, 9.17) is 0 Å². The molecular formula is C13H10OS. The first kappa shape index (κ1) is 8.74. The summed E-state index contributed by atoms with van der Waals surface area (Å²) in [4.78, 5) is 0. The fraction of sp³-hybridized carbons (Fsp3) is 0.0769. The van der Waals surface area contributed by atoms with E-state index in [2.05, 4.69) is 31.2 Å². The highest BCUT2D eigenvalue weighted by atomic mass is 32.1. The van der Waals surface area contributed by atoms with Gasteiger partial charge in [-0.2, -0.15) is 0 Å². The van der Waals surface area contributed by atoms with Gasteiger partial charge in [-0.3, -0.25) is 0 Å². The van der Waals surface area contributed by atoms with Gasteiger partial charge in [-0.05, 0) is 18.6 Å². The Kier molecular flexibility index (Phi) is 1.73. The monoisotopic (exact) mass is 214 g/mol. The smallest absolute Gasteiger partial charge is 0.133 e. The van der Waals surface area contributed by atoms with E-state index in [9.17, 15) is 5.11 Å². The highest BCUT2D eigenvalue weighted by molar-refractivity contribution is 7.26. The van der Waals surface area contributed by atoms with Gasteiger partial charge in [-0.25, -0.2) is 0 Å². The Bertz CT molecular complexity index is 596. The van der Waals surface area contributed by atoms with E-state index < -0.39 is 0 Å². The summed E-state index contributed by atoms with van der Waals surface area (Å²) < 4.78 is 2.26. The Morgan fingerprint density at radius 2 is 1.60 bits per heavy atom. The van der Waals surface area contributed by atoms with Crippen molar-refractivity contribution in [1.82, 2.24) is 0 Å². The van der Waals surface area contributed by atoms with Crippen LogP contribution in [0.25, 0.3) is 20.2 Å². The Morgan fingerprint density at radius 1 is 0.933 bits per heavy atom. The molecule has 0 saturated heterocycles. The molecule has 0 aliphatic carbocycles. The molecule has 0 bridgehead atoms. The van der Waals surface area contributed by atoms with Crippen LogP contribution in [0.4, 0.5) is 0 Å². The molecule has 0 fully saturated rings. The van der Waals surface area contributed by atoms with Crippen molar-refractivity contribution in [3.63, 3.8) is 0 Å². The second kappa shape index (κ2) is 2.97. The topological polar surface area (TPSA) is 20.2 Å². The second-order valence-corrected chi connectivity index (χ2v) is 4.73. The largest absolute Gasteiger partial charge is 0.506 e. The standard InChI is InChI=1S/C13H10OS/c1-8-4-2-5-9-10-6-3-7-11(14)13(10)15-12(8)9/h2-7,14H,1H3. The second-order valence-electron chi connectivity index (χ2n) is 3.71. The number of hydrogen-bond donors (Lipinski definition) is 1. The molecule has 0 saturated carbocycles. The highest BCUT2D eigenvalue weighted by Gasteiger charge is 2.08. The third-order valence-corrected chi connectivity index (χ3v) is 4.08. The number of hydrogen-bond acceptors (Lipinski definition) is 2. The summed E-state index contributed by atoms with van der Waals surface area (Å²) in [5.41, 5.74) is 1.27. The predicted octanol–water partition coefficient (Wildman–Crippen LogP) is 4.07. The zero-order chi connectivity index (χ0) is 10.4. The predicted molar refractivity (Wildman–Crippen MR) is 65.7 cm³/mol. The summed E-state index contributed by atoms with van der Waals surface area (Å²) >= 11 is 1.66. The van der Waals surface area contributed by atoms with E-state index in [0.29, 0.717) is 5.75 Å². The molecule has 0 aliphatic heterocycles. The summed E-state index contributed by atoms with van der Waals surface area (Å²) in [7, 11) is 0. The van der Waals surface area contributed by atoms with Crippen LogP contribution in [-0.2, 0) is 0 Å². The van der Waals surface area contributed by atoms with Crippen molar-refractivity contribution in [3.05, 3.63) is 42.0 Å². The molecule has 0 radical (unpaired) electrons. The molecule has 3 aromatic rings. The first-order valence-corrected chi connectivity index (χ1v) is 5.69. The summed E-state index contributed by atoms with van der Waals surface area (Å²) in [6.07, 6.45) is 0. The van der Waals surface area contributed by atoms with Gasteiger partial charge in [-0.1, -0.05) is 30.3 Å². The first-order chi connectivity index (χ1) is 7.27. The molecule has 1 nitrogen and oxygen atoms in total. The molecule has 3 rings (SSSR count). The molecule has 74 valence electrons. The number of benzene rings is 2. The number of aromatic hydroxyl groups is 1. The zero-order valence-electron chi connectivity index (χ0n) is 8.32. The minimum atomic E-state index is 0.383. The first-order valence-electron chi connectivity index (χ1n) is 4.87. The van der Waals surface area contributed by atoms with Gasteiger partial charge in [0.2, 0.25) is 0 Å². The average Bonchev–Trinajstić information content (AvgIpc) is 2.60. The van der Waals surface area contributed by atoms with Gasteiger partial charge in [0.25, 0.3) is 0 Å². The summed E-state index contributed by atoms with van der Waals surface area (Å²) in [5.74, 6) is 0.383. The van der Waals surface area contributed by atoms with E-state index in [1.165, 1.54) is 15.6 Å². The van der Waals surface area contributed by atoms with Crippen LogP contribution in [0.15, 0.2) is 36.4 Å². The summed E-state index contributed by atoms with van der Waals surface area (Å²) in [6, 6.07) is 12.0. The van der Waals surface area contributed by atoms with Crippen LogP contribution in [0.3, 0.4) is 0 Å². The lowest BCUT2D eigenvalue weighted by Crippen LogP contribution is -1.70. The molecule has 0 aliphatic rings. The number of aryl methyl sites for hydroxylation is 1. The van der Waals surface area contributed by atoms with E-state index >= 15 is 0 Å². The minimum absolute atomic E-state index is 0.383. The van der Waals surface area contributed by atoms with Crippen LogP contribution >= 0.6 is 11.3 Å². The van der Waals surface area contributed by atoms with Gasteiger partial charge in [-0.15, -0.1) is 11.3 Å². The Morgan fingerprint density at radius 3 is 2.40 bits per heavy atom. The molecule has 1 heterocycles. The molecule has 1 N–H and O–H groups in total. The number of thiophene rings is 1. The van der Waals surface area contributed by atoms with E-state index in [-0.39, 0.29) is 0 Å². The molecule has 1 aromatic heterocycles. The van der Waals surface area contributed by atoms with Gasteiger partial charge >= 0.3 is 0 Å². The fourth-order valence-electron chi connectivity index (χ4n) is 1.95. The quantitative estimate of drug-likeness (QED) is 0.598. The van der Waals surface area contributed by atoms with Crippen molar-refractivity contribution in [3.8, 4) is 5.75 Å². The normalized spacial score (nSPS) is 11.3. The lowest BCUT2D eigenvalue weighted by atomic mass is 10.1. The molecule has 15 heavy (non-hydrogen) atoms. The lowest BCUT2D eigenvalue weighted by Gasteiger charge is -1.94. The van der Waals surface area contributed by atoms with E-state index in [0.717, 1.165) is 10.1 Å². The van der Waals surface area contributed by atoms with Crippen LogP contribution in [0, 0.1) is 6.92 Å². The Hall–Kier alpha value is -1.54. The third kappa shape index (κ3) is 1.15. The van der Waals surface area contributed by atoms with E-state index in [1.54, 1.807) is 17.4 Å². The molecule has 0 atom stereocenters.